The third-order valence-corrected chi connectivity index (χ3v) is 3.25. The maximum Gasteiger partial charge on any atom is 0.138 e. The van der Waals surface area contributed by atoms with Gasteiger partial charge in [-0.05, 0) is 30.4 Å². The van der Waals surface area contributed by atoms with E-state index in [1.54, 1.807) is 0 Å². The van der Waals surface area contributed by atoms with Crippen molar-refractivity contribution in [1.82, 2.24) is 5.32 Å². The molecule has 0 radical (unpaired) electrons. The van der Waals surface area contributed by atoms with E-state index in [-0.39, 0.29) is 0 Å². The fourth-order valence-electron chi connectivity index (χ4n) is 1.91. The molecule has 0 unspecified atom stereocenters. The van der Waals surface area contributed by atoms with Gasteiger partial charge >= 0.3 is 0 Å². The van der Waals surface area contributed by atoms with Gasteiger partial charge in [-0.1, -0.05) is 31.2 Å². The van der Waals surface area contributed by atoms with Crippen molar-refractivity contribution in [2.45, 2.75) is 45.1 Å². The van der Waals surface area contributed by atoms with E-state index in [0.717, 1.165) is 18.5 Å². The van der Waals surface area contributed by atoms with Gasteiger partial charge in [0.1, 0.15) is 5.78 Å². The number of Topliss-reactive ketones (excluding diaryl/α,β-unsaturated/α-hetero) is 1. The third-order valence-electron chi connectivity index (χ3n) is 3.25. The molecule has 0 atom stereocenters. The van der Waals surface area contributed by atoms with Crippen LogP contribution in [0.3, 0.4) is 0 Å². The molecular weight excluding hydrogens is 210 g/mol. The lowest BCUT2D eigenvalue weighted by molar-refractivity contribution is -0.118. The highest BCUT2D eigenvalue weighted by Crippen LogP contribution is 2.18. The standard InChI is InChI=1S/C15H21NO/c1-2-12-3-5-13(6-4-12)11-15(17)9-10-16-14-7-8-14/h3-6,14,16H,2,7-11H2,1H3. The van der Waals surface area contributed by atoms with E-state index in [4.69, 9.17) is 0 Å². The zero-order chi connectivity index (χ0) is 12.1. The summed E-state index contributed by atoms with van der Waals surface area (Å²) >= 11 is 0. The highest BCUT2D eigenvalue weighted by molar-refractivity contribution is 5.81. The van der Waals surface area contributed by atoms with Gasteiger partial charge in [0.2, 0.25) is 0 Å². The molecule has 17 heavy (non-hydrogen) atoms. The van der Waals surface area contributed by atoms with E-state index in [9.17, 15) is 4.79 Å². The van der Waals surface area contributed by atoms with Crippen LogP contribution in [0.5, 0.6) is 0 Å². The maximum absolute atomic E-state index is 11.7. The molecule has 0 spiro atoms. The Kier molecular flexibility index (Phi) is 4.32. The van der Waals surface area contributed by atoms with Crippen LogP contribution in [0.4, 0.5) is 0 Å². The van der Waals surface area contributed by atoms with Gasteiger partial charge in [-0.25, -0.2) is 0 Å². The number of ketones is 1. The third kappa shape index (κ3) is 4.31. The van der Waals surface area contributed by atoms with Crippen LogP contribution in [0.2, 0.25) is 0 Å². The van der Waals surface area contributed by atoms with Gasteiger partial charge in [0.05, 0.1) is 0 Å². The molecule has 2 heteroatoms. The number of hydrogen-bond acceptors (Lipinski definition) is 2. The first-order chi connectivity index (χ1) is 8.28. The molecule has 1 aromatic rings. The number of nitrogens with one attached hydrogen (secondary N) is 1. The van der Waals surface area contributed by atoms with Crippen LogP contribution < -0.4 is 5.32 Å². The molecule has 1 N–H and O–H groups in total. The van der Waals surface area contributed by atoms with E-state index in [2.05, 4.69) is 36.5 Å². The van der Waals surface area contributed by atoms with Crippen molar-refractivity contribution in [2.24, 2.45) is 0 Å². The van der Waals surface area contributed by atoms with Crippen molar-refractivity contribution in [3.8, 4) is 0 Å². The molecule has 0 amide bonds. The van der Waals surface area contributed by atoms with Crippen LogP contribution >= 0.6 is 0 Å². The normalized spacial score (nSPS) is 14.9. The van der Waals surface area contributed by atoms with Gasteiger partial charge in [-0.2, -0.15) is 0 Å². The highest BCUT2D eigenvalue weighted by Gasteiger charge is 2.19. The summed E-state index contributed by atoms with van der Waals surface area (Å²) in [5, 5.41) is 3.37. The molecule has 0 aliphatic heterocycles. The Bertz CT molecular complexity index is 365. The Morgan fingerprint density at radius 1 is 1.24 bits per heavy atom. The van der Waals surface area contributed by atoms with E-state index in [1.807, 2.05) is 0 Å². The van der Waals surface area contributed by atoms with Crippen LogP contribution in [0.15, 0.2) is 24.3 Å². The van der Waals surface area contributed by atoms with Gasteiger partial charge in [0.15, 0.2) is 0 Å². The minimum absolute atomic E-state index is 0.336. The number of aryl methyl sites for hydroxylation is 1. The summed E-state index contributed by atoms with van der Waals surface area (Å²) in [5.41, 5.74) is 2.47. The topological polar surface area (TPSA) is 29.1 Å². The van der Waals surface area contributed by atoms with Crippen molar-refractivity contribution in [2.75, 3.05) is 6.54 Å². The second-order valence-corrected chi connectivity index (χ2v) is 4.86. The zero-order valence-corrected chi connectivity index (χ0v) is 10.5. The number of rotatable bonds is 7. The Balaban J connectivity index is 1.72. The van der Waals surface area contributed by atoms with E-state index < -0.39 is 0 Å². The van der Waals surface area contributed by atoms with Gasteiger partial charge in [-0.3, -0.25) is 4.79 Å². The number of benzene rings is 1. The average molecular weight is 231 g/mol. The Morgan fingerprint density at radius 3 is 2.47 bits per heavy atom. The van der Waals surface area contributed by atoms with Crippen LogP contribution in [0, 0.1) is 0 Å². The van der Waals surface area contributed by atoms with E-state index in [1.165, 1.54) is 18.4 Å². The molecular formula is C15H21NO. The van der Waals surface area contributed by atoms with Crippen molar-refractivity contribution < 1.29 is 4.79 Å². The van der Waals surface area contributed by atoms with Crippen molar-refractivity contribution >= 4 is 5.78 Å². The lowest BCUT2D eigenvalue weighted by Gasteiger charge is -2.04. The lowest BCUT2D eigenvalue weighted by Crippen LogP contribution is -2.20. The first-order valence-corrected chi connectivity index (χ1v) is 6.61. The molecule has 0 aromatic heterocycles. The number of carbonyl (C=O) groups excluding carboxylic acids is 1. The molecule has 0 saturated heterocycles. The molecule has 2 rings (SSSR count). The molecule has 1 fully saturated rings. The second kappa shape index (κ2) is 5.97. The smallest absolute Gasteiger partial charge is 0.138 e. The molecule has 1 aromatic carbocycles. The van der Waals surface area contributed by atoms with Crippen molar-refractivity contribution in [3.05, 3.63) is 35.4 Å². The first-order valence-electron chi connectivity index (χ1n) is 6.61. The first kappa shape index (κ1) is 12.3. The van der Waals surface area contributed by atoms with Crippen LogP contribution in [0.1, 0.15) is 37.3 Å². The fraction of sp³-hybridized carbons (Fsp3) is 0.533. The largest absolute Gasteiger partial charge is 0.314 e. The van der Waals surface area contributed by atoms with Gasteiger partial charge < -0.3 is 5.32 Å². The van der Waals surface area contributed by atoms with Crippen LogP contribution in [-0.4, -0.2) is 18.4 Å². The lowest BCUT2D eigenvalue weighted by atomic mass is 10.0. The van der Waals surface area contributed by atoms with Gasteiger partial charge in [0.25, 0.3) is 0 Å². The molecule has 0 heterocycles. The highest BCUT2D eigenvalue weighted by atomic mass is 16.1. The van der Waals surface area contributed by atoms with Gasteiger partial charge in [0, 0.05) is 25.4 Å². The molecule has 2 nitrogen and oxygen atoms in total. The Hall–Kier alpha value is -1.15. The Labute approximate surface area is 103 Å². The SMILES string of the molecule is CCc1ccc(CC(=O)CCNC2CC2)cc1. The predicted octanol–water partition coefficient (Wildman–Crippen LogP) is 2.50. The second-order valence-electron chi connectivity index (χ2n) is 4.86. The summed E-state index contributed by atoms with van der Waals surface area (Å²) in [6.45, 7) is 2.99. The predicted molar refractivity (Wildman–Crippen MR) is 70.2 cm³/mol. The summed E-state index contributed by atoms with van der Waals surface area (Å²) < 4.78 is 0. The number of hydrogen-bond donors (Lipinski definition) is 1. The summed E-state index contributed by atoms with van der Waals surface area (Å²) in [4.78, 5) is 11.7. The molecule has 92 valence electrons. The van der Waals surface area contributed by atoms with E-state index >= 15 is 0 Å². The average Bonchev–Trinajstić information content (AvgIpc) is 3.14. The van der Waals surface area contributed by atoms with Crippen molar-refractivity contribution in [3.63, 3.8) is 0 Å². The minimum atomic E-state index is 0.336. The quantitative estimate of drug-likeness (QED) is 0.781. The summed E-state index contributed by atoms with van der Waals surface area (Å²) in [6, 6.07) is 9.08. The van der Waals surface area contributed by atoms with E-state index in [0.29, 0.717) is 24.7 Å². The summed E-state index contributed by atoms with van der Waals surface area (Å²) in [6.07, 6.45) is 4.86. The molecule has 0 bridgehead atoms. The van der Waals surface area contributed by atoms with Crippen LogP contribution in [0.25, 0.3) is 0 Å². The van der Waals surface area contributed by atoms with Gasteiger partial charge in [-0.15, -0.1) is 0 Å². The summed E-state index contributed by atoms with van der Waals surface area (Å²) in [7, 11) is 0. The van der Waals surface area contributed by atoms with Crippen LogP contribution in [-0.2, 0) is 17.6 Å². The monoisotopic (exact) mass is 231 g/mol. The molecule has 1 aliphatic rings. The summed E-state index contributed by atoms with van der Waals surface area (Å²) in [5.74, 6) is 0.336. The zero-order valence-electron chi connectivity index (χ0n) is 10.5. The number of carbonyl (C=O) groups is 1. The maximum atomic E-state index is 11.7. The minimum Gasteiger partial charge on any atom is -0.314 e. The van der Waals surface area contributed by atoms with Crippen molar-refractivity contribution in [1.29, 1.82) is 0 Å². The fourth-order valence-corrected chi connectivity index (χ4v) is 1.91. The molecule has 1 saturated carbocycles. The molecule has 1 aliphatic carbocycles. The Morgan fingerprint density at radius 2 is 1.88 bits per heavy atom.